The molecule has 5 aromatic rings. The van der Waals surface area contributed by atoms with E-state index >= 15 is 0 Å². The highest BCUT2D eigenvalue weighted by atomic mass is 32.2. The molecule has 0 radical (unpaired) electrons. The van der Waals surface area contributed by atoms with Crippen LogP contribution < -0.4 is 14.9 Å². The summed E-state index contributed by atoms with van der Waals surface area (Å²) in [6.07, 6.45) is 1.66. The summed E-state index contributed by atoms with van der Waals surface area (Å²) >= 11 is 4.20. The second-order valence-electron chi connectivity index (χ2n) is 8.56. The topological polar surface area (TPSA) is 86.7 Å². The fourth-order valence-electron chi connectivity index (χ4n) is 4.33. The molecule has 2 aromatic carbocycles. The van der Waals surface area contributed by atoms with Crippen LogP contribution in [-0.2, 0) is 9.53 Å². The van der Waals surface area contributed by atoms with E-state index in [1.54, 1.807) is 49.5 Å². The monoisotopic (exact) mass is 577 g/mol. The molecule has 11 heteroatoms. The van der Waals surface area contributed by atoms with E-state index in [0.29, 0.717) is 31.4 Å². The molecule has 1 aliphatic heterocycles. The molecule has 0 spiro atoms. The number of hydrogen-bond donors (Lipinski definition) is 0. The van der Waals surface area contributed by atoms with Crippen molar-refractivity contribution in [1.29, 1.82) is 0 Å². The maximum Gasteiger partial charge on any atom is 0.338 e. The summed E-state index contributed by atoms with van der Waals surface area (Å²) in [5, 5.41) is 0.651. The lowest BCUT2D eigenvalue weighted by Crippen LogP contribution is -2.39. The van der Waals surface area contributed by atoms with E-state index < -0.39 is 17.8 Å². The number of ether oxygens (including phenoxy) is 1. The van der Waals surface area contributed by atoms with Gasteiger partial charge in [-0.25, -0.2) is 19.2 Å². The largest absolute Gasteiger partial charge is 0.463 e. The van der Waals surface area contributed by atoms with Crippen LogP contribution in [0.3, 0.4) is 0 Å². The molecule has 1 atom stereocenters. The SMILES string of the molecule is CCOC(=O)C1=C(C)N=c2sc(=Cc3ccc(Sc4nc5ccccc5s4)o3)c(=O)n2[C@H]1c1ccc(F)cc1. The number of halogens is 1. The molecule has 0 saturated carbocycles. The van der Waals surface area contributed by atoms with Crippen molar-refractivity contribution in [3.63, 3.8) is 0 Å². The number of rotatable bonds is 6. The molecule has 0 bridgehead atoms. The predicted molar refractivity (Wildman–Crippen MR) is 149 cm³/mol. The number of furan rings is 1. The zero-order valence-corrected chi connectivity index (χ0v) is 23.2. The van der Waals surface area contributed by atoms with Gasteiger partial charge in [-0.2, -0.15) is 0 Å². The molecule has 0 unspecified atom stereocenters. The fraction of sp³-hybridized carbons (Fsp3) is 0.143. The summed E-state index contributed by atoms with van der Waals surface area (Å²) in [6.45, 7) is 3.59. The third-order valence-corrected chi connectivity index (χ3v) is 9.04. The van der Waals surface area contributed by atoms with Gasteiger partial charge in [0.2, 0.25) is 0 Å². The van der Waals surface area contributed by atoms with Crippen LogP contribution in [0.1, 0.15) is 31.2 Å². The van der Waals surface area contributed by atoms with Gasteiger partial charge in [0, 0.05) is 6.08 Å². The summed E-state index contributed by atoms with van der Waals surface area (Å²) < 4.78 is 28.8. The zero-order chi connectivity index (χ0) is 27.1. The minimum absolute atomic E-state index is 0.173. The first-order valence-corrected chi connectivity index (χ1v) is 14.4. The Morgan fingerprint density at radius 2 is 1.95 bits per heavy atom. The lowest BCUT2D eigenvalue weighted by atomic mass is 9.96. The van der Waals surface area contributed by atoms with Gasteiger partial charge < -0.3 is 9.15 Å². The number of fused-ring (bicyclic) bond motifs is 2. The first-order chi connectivity index (χ1) is 18.9. The number of allylic oxidation sites excluding steroid dienone is 1. The number of esters is 1. The molecule has 6 rings (SSSR count). The van der Waals surface area contributed by atoms with Crippen LogP contribution in [0.2, 0.25) is 0 Å². The van der Waals surface area contributed by atoms with E-state index in [2.05, 4.69) is 9.98 Å². The maximum atomic E-state index is 13.7. The molecule has 0 amide bonds. The van der Waals surface area contributed by atoms with E-state index in [9.17, 15) is 14.0 Å². The van der Waals surface area contributed by atoms with Crippen LogP contribution in [0.5, 0.6) is 0 Å². The minimum Gasteiger partial charge on any atom is -0.463 e. The number of aromatic nitrogens is 2. The van der Waals surface area contributed by atoms with Gasteiger partial charge in [0.15, 0.2) is 14.2 Å². The Bertz CT molecular complexity index is 1900. The highest BCUT2D eigenvalue weighted by Crippen LogP contribution is 2.35. The smallest absolute Gasteiger partial charge is 0.338 e. The Morgan fingerprint density at radius 1 is 1.15 bits per heavy atom. The Kier molecular flexibility index (Phi) is 6.79. The van der Waals surface area contributed by atoms with Crippen molar-refractivity contribution in [3.8, 4) is 0 Å². The third-order valence-electron chi connectivity index (χ3n) is 6.04. The molecule has 0 N–H and O–H groups in total. The Hall–Kier alpha value is -3.80. The quantitative estimate of drug-likeness (QED) is 0.255. The summed E-state index contributed by atoms with van der Waals surface area (Å²) in [6, 6.07) is 16.5. The molecule has 0 saturated heterocycles. The standard InChI is InChI=1S/C28H20FN3O4S3/c1-3-35-26(34)23-15(2)30-27-32(24(23)16-8-10-17(29)11-9-16)25(33)21(37-27)14-18-12-13-22(36-18)39-28-31-19-6-4-5-7-20(19)38-28/h4-14,24H,3H2,1-2H3/t24-/m0/s1. The van der Waals surface area contributed by atoms with Crippen LogP contribution in [-0.4, -0.2) is 22.1 Å². The van der Waals surface area contributed by atoms with Crippen molar-refractivity contribution in [2.45, 2.75) is 29.3 Å². The van der Waals surface area contributed by atoms with Crippen molar-refractivity contribution in [2.75, 3.05) is 6.61 Å². The summed E-state index contributed by atoms with van der Waals surface area (Å²) in [4.78, 5) is 36.2. The molecule has 39 heavy (non-hydrogen) atoms. The van der Waals surface area contributed by atoms with Crippen molar-refractivity contribution < 1.29 is 18.3 Å². The third kappa shape index (κ3) is 4.88. The predicted octanol–water partition coefficient (Wildman–Crippen LogP) is 5.29. The second-order valence-corrected chi connectivity index (χ2v) is 11.9. The molecular formula is C28H20FN3O4S3. The van der Waals surface area contributed by atoms with Gasteiger partial charge in [0.05, 0.1) is 38.7 Å². The number of nitrogens with zero attached hydrogens (tertiary/aromatic N) is 3. The first-order valence-electron chi connectivity index (χ1n) is 12.0. The van der Waals surface area contributed by atoms with Crippen molar-refractivity contribution in [1.82, 2.24) is 9.55 Å². The van der Waals surface area contributed by atoms with Crippen LogP contribution in [0.15, 0.2) is 95.6 Å². The number of benzene rings is 2. The fourth-order valence-corrected chi connectivity index (χ4v) is 7.32. The van der Waals surface area contributed by atoms with Gasteiger partial charge in [-0.05, 0) is 67.6 Å². The molecule has 1 aliphatic rings. The lowest BCUT2D eigenvalue weighted by Gasteiger charge is -2.24. The second kappa shape index (κ2) is 10.4. The van der Waals surface area contributed by atoms with E-state index in [4.69, 9.17) is 9.15 Å². The average molecular weight is 578 g/mol. The van der Waals surface area contributed by atoms with Gasteiger partial charge in [0.1, 0.15) is 11.6 Å². The summed E-state index contributed by atoms with van der Waals surface area (Å²) in [7, 11) is 0. The van der Waals surface area contributed by atoms with Gasteiger partial charge in [0.25, 0.3) is 5.56 Å². The van der Waals surface area contributed by atoms with Crippen molar-refractivity contribution in [3.05, 3.63) is 109 Å². The van der Waals surface area contributed by atoms with Crippen LogP contribution in [0, 0.1) is 5.82 Å². The highest BCUT2D eigenvalue weighted by molar-refractivity contribution is 8.01. The average Bonchev–Trinajstić information content (AvgIpc) is 3.61. The highest BCUT2D eigenvalue weighted by Gasteiger charge is 2.33. The van der Waals surface area contributed by atoms with Crippen molar-refractivity contribution in [2.24, 2.45) is 4.99 Å². The first kappa shape index (κ1) is 25.5. The molecule has 3 aromatic heterocycles. The molecule has 196 valence electrons. The maximum absolute atomic E-state index is 13.7. The Balaban J connectivity index is 1.39. The number of thiazole rings is 2. The minimum atomic E-state index is -0.801. The van der Waals surface area contributed by atoms with Gasteiger partial charge in [-0.1, -0.05) is 35.6 Å². The Labute approximate surface area is 233 Å². The molecule has 0 aliphatic carbocycles. The van der Waals surface area contributed by atoms with Crippen LogP contribution >= 0.6 is 34.4 Å². The normalized spacial score (nSPS) is 15.5. The summed E-state index contributed by atoms with van der Waals surface area (Å²) in [5.74, 6) is -0.477. The van der Waals surface area contributed by atoms with Gasteiger partial charge in [-0.15, -0.1) is 11.3 Å². The number of carbonyl (C=O) groups is 1. The summed E-state index contributed by atoms with van der Waals surface area (Å²) in [5.41, 5.74) is 1.87. The van der Waals surface area contributed by atoms with Crippen LogP contribution in [0.25, 0.3) is 16.3 Å². The van der Waals surface area contributed by atoms with Crippen molar-refractivity contribution >= 4 is 56.7 Å². The molecule has 7 nitrogen and oxygen atoms in total. The van der Waals surface area contributed by atoms with Gasteiger partial charge in [-0.3, -0.25) is 9.36 Å². The van der Waals surface area contributed by atoms with E-state index in [0.717, 1.165) is 14.6 Å². The Morgan fingerprint density at radius 3 is 2.72 bits per heavy atom. The number of hydrogen-bond acceptors (Lipinski definition) is 9. The van der Waals surface area contributed by atoms with E-state index in [1.165, 1.54) is 39.8 Å². The zero-order valence-electron chi connectivity index (χ0n) is 20.7. The molecular weight excluding hydrogens is 558 g/mol. The van der Waals surface area contributed by atoms with Crippen LogP contribution in [0.4, 0.5) is 4.39 Å². The molecule has 4 heterocycles. The number of carbonyl (C=O) groups excluding carboxylic acids is 1. The number of para-hydroxylation sites is 1. The molecule has 0 fully saturated rings. The van der Waals surface area contributed by atoms with Gasteiger partial charge >= 0.3 is 5.97 Å². The lowest BCUT2D eigenvalue weighted by molar-refractivity contribution is -0.139. The van der Waals surface area contributed by atoms with E-state index in [-0.39, 0.29) is 17.7 Å². The van der Waals surface area contributed by atoms with E-state index in [1.807, 2.05) is 30.3 Å².